The number of anilines is 1. The van der Waals surface area contributed by atoms with Crippen LogP contribution in [-0.4, -0.2) is 41.3 Å². The van der Waals surface area contributed by atoms with Crippen molar-refractivity contribution in [2.24, 2.45) is 5.92 Å². The van der Waals surface area contributed by atoms with Crippen molar-refractivity contribution >= 4 is 22.6 Å². The average molecular weight is 418 g/mol. The summed E-state index contributed by atoms with van der Waals surface area (Å²) >= 11 is 0. The Hall–Kier alpha value is -3.22. The number of fused-ring (bicyclic) bond motifs is 2. The molecule has 0 bridgehead atoms. The zero-order valence-electron chi connectivity index (χ0n) is 17.6. The molecule has 3 aliphatic rings. The third kappa shape index (κ3) is 3.38. The van der Waals surface area contributed by atoms with Crippen LogP contribution in [0.15, 0.2) is 36.7 Å². The number of carbonyl (C=O) groups excluding carboxylic acids is 1. The number of imidazole rings is 1. The van der Waals surface area contributed by atoms with E-state index in [1.807, 2.05) is 12.4 Å². The summed E-state index contributed by atoms with van der Waals surface area (Å²) in [6, 6.07) is 11.0. The van der Waals surface area contributed by atoms with Gasteiger partial charge in [0.1, 0.15) is 29.7 Å². The van der Waals surface area contributed by atoms with Crippen LogP contribution >= 0.6 is 0 Å². The van der Waals surface area contributed by atoms with E-state index >= 15 is 0 Å². The van der Waals surface area contributed by atoms with Gasteiger partial charge in [-0.05, 0) is 55.2 Å². The van der Waals surface area contributed by atoms with E-state index in [9.17, 15) is 4.79 Å². The van der Waals surface area contributed by atoms with Gasteiger partial charge in [0.25, 0.3) is 0 Å². The maximum atomic E-state index is 11.7. The largest absolute Gasteiger partial charge is 0.490 e. The van der Waals surface area contributed by atoms with Crippen LogP contribution in [0.4, 0.5) is 5.69 Å². The summed E-state index contributed by atoms with van der Waals surface area (Å²) in [6.07, 6.45) is 4.74. The summed E-state index contributed by atoms with van der Waals surface area (Å²) in [5, 5.41) is 6.33. The smallest absolute Gasteiger partial charge is 0.220 e. The fourth-order valence-corrected chi connectivity index (χ4v) is 4.60. The summed E-state index contributed by atoms with van der Waals surface area (Å²) in [5.41, 5.74) is 5.16. The van der Waals surface area contributed by atoms with Crippen molar-refractivity contribution in [3.05, 3.63) is 36.7 Å². The Morgan fingerprint density at radius 1 is 1.19 bits per heavy atom. The summed E-state index contributed by atoms with van der Waals surface area (Å²) in [4.78, 5) is 16.4. The third-order valence-corrected chi connectivity index (χ3v) is 6.55. The van der Waals surface area contributed by atoms with Gasteiger partial charge in [0.05, 0.1) is 17.5 Å². The van der Waals surface area contributed by atoms with Crippen molar-refractivity contribution in [1.29, 1.82) is 0 Å². The molecule has 7 heteroatoms. The molecule has 2 atom stereocenters. The van der Waals surface area contributed by atoms with Crippen molar-refractivity contribution in [2.45, 2.75) is 38.3 Å². The standard InChI is InChI=1S/C24H26N4O3/c1-14(17-11-23(29)26-12-17)31-22-10-16(9-20-24(22)28(13-27-20)18-3-4-18)15-2-5-21-19(8-15)25-6-7-30-21/h2,5,8-10,13-14,17-18,25H,3-4,6-7,11-12H2,1H3,(H,26,29)/t14-,17?/m1/s1. The van der Waals surface area contributed by atoms with Crippen LogP contribution in [0.25, 0.3) is 22.2 Å². The highest BCUT2D eigenvalue weighted by Crippen LogP contribution is 2.42. The maximum absolute atomic E-state index is 11.7. The molecule has 3 aromatic rings. The van der Waals surface area contributed by atoms with Crippen molar-refractivity contribution in [1.82, 2.24) is 14.9 Å². The second-order valence-corrected chi connectivity index (χ2v) is 8.80. The molecule has 6 rings (SSSR count). The number of nitrogens with zero attached hydrogens (tertiary/aromatic N) is 2. The number of amides is 1. The molecule has 7 nitrogen and oxygen atoms in total. The van der Waals surface area contributed by atoms with Gasteiger partial charge in [-0.1, -0.05) is 6.07 Å². The lowest BCUT2D eigenvalue weighted by Gasteiger charge is -2.22. The number of ether oxygens (including phenoxy) is 2. The van der Waals surface area contributed by atoms with Crippen LogP contribution in [0.3, 0.4) is 0 Å². The van der Waals surface area contributed by atoms with Gasteiger partial charge in [-0.25, -0.2) is 4.98 Å². The van der Waals surface area contributed by atoms with E-state index < -0.39 is 0 Å². The normalized spacial score (nSPS) is 21.2. The molecular weight excluding hydrogens is 392 g/mol. The van der Waals surface area contributed by atoms with Crippen LogP contribution in [-0.2, 0) is 4.79 Å². The highest BCUT2D eigenvalue weighted by molar-refractivity contribution is 5.89. The van der Waals surface area contributed by atoms with E-state index in [2.05, 4.69) is 46.4 Å². The molecule has 1 amide bonds. The van der Waals surface area contributed by atoms with E-state index in [0.29, 0.717) is 25.6 Å². The molecule has 1 saturated heterocycles. The average Bonchev–Trinajstić information content (AvgIpc) is 3.39. The summed E-state index contributed by atoms with van der Waals surface area (Å²) in [5.74, 6) is 2.00. The van der Waals surface area contributed by atoms with Crippen molar-refractivity contribution < 1.29 is 14.3 Å². The predicted molar refractivity (Wildman–Crippen MR) is 119 cm³/mol. The molecule has 1 unspecified atom stereocenters. The Morgan fingerprint density at radius 2 is 2.10 bits per heavy atom. The molecular formula is C24H26N4O3. The molecule has 2 fully saturated rings. The summed E-state index contributed by atoms with van der Waals surface area (Å²) in [6.45, 7) is 4.22. The van der Waals surface area contributed by atoms with Crippen LogP contribution in [0.2, 0.25) is 0 Å². The van der Waals surface area contributed by atoms with Crippen molar-refractivity contribution in [3.8, 4) is 22.6 Å². The third-order valence-electron chi connectivity index (χ3n) is 6.55. The van der Waals surface area contributed by atoms with E-state index in [1.165, 1.54) is 12.8 Å². The van der Waals surface area contributed by atoms with Gasteiger partial charge in [-0.15, -0.1) is 0 Å². The zero-order valence-corrected chi connectivity index (χ0v) is 17.6. The maximum Gasteiger partial charge on any atom is 0.220 e. The van der Waals surface area contributed by atoms with Crippen LogP contribution < -0.4 is 20.1 Å². The molecule has 1 aromatic heterocycles. The van der Waals surface area contributed by atoms with Gasteiger partial charge in [0.2, 0.25) is 5.91 Å². The van der Waals surface area contributed by atoms with Crippen molar-refractivity contribution in [3.63, 3.8) is 0 Å². The molecule has 1 saturated carbocycles. The van der Waals surface area contributed by atoms with E-state index in [0.717, 1.165) is 45.9 Å². The first kappa shape index (κ1) is 18.5. The Morgan fingerprint density at radius 3 is 2.90 bits per heavy atom. The molecule has 3 heterocycles. The number of hydrogen-bond donors (Lipinski definition) is 2. The molecule has 2 aliphatic heterocycles. The van der Waals surface area contributed by atoms with Crippen molar-refractivity contribution in [2.75, 3.05) is 25.0 Å². The van der Waals surface area contributed by atoms with Gasteiger partial charge in [0, 0.05) is 31.5 Å². The van der Waals surface area contributed by atoms with E-state index in [-0.39, 0.29) is 17.9 Å². The summed E-state index contributed by atoms with van der Waals surface area (Å²) in [7, 11) is 0. The van der Waals surface area contributed by atoms with Gasteiger partial charge in [-0.3, -0.25) is 4.79 Å². The number of carbonyl (C=O) groups is 1. The molecule has 2 N–H and O–H groups in total. The van der Waals surface area contributed by atoms with Crippen LogP contribution in [0.5, 0.6) is 11.5 Å². The van der Waals surface area contributed by atoms with Gasteiger partial charge in [0.15, 0.2) is 0 Å². The lowest BCUT2D eigenvalue weighted by molar-refractivity contribution is -0.119. The Kier molecular flexibility index (Phi) is 4.30. The minimum atomic E-state index is -0.0708. The SMILES string of the molecule is C[C@@H](Oc1cc(-c2ccc3c(c2)NCCO3)cc2ncn(C3CC3)c12)C1CNC(=O)C1. The first-order valence-corrected chi connectivity index (χ1v) is 11.1. The van der Waals surface area contributed by atoms with Crippen LogP contribution in [0.1, 0.15) is 32.2 Å². The molecule has 2 aromatic carbocycles. The highest BCUT2D eigenvalue weighted by atomic mass is 16.5. The van der Waals surface area contributed by atoms with Gasteiger partial charge < -0.3 is 24.7 Å². The molecule has 0 spiro atoms. The number of aromatic nitrogens is 2. The van der Waals surface area contributed by atoms with Crippen LogP contribution in [0, 0.1) is 5.92 Å². The second kappa shape index (κ2) is 7.18. The fraction of sp³-hybridized carbons (Fsp3) is 0.417. The number of rotatable bonds is 5. The lowest BCUT2D eigenvalue weighted by Crippen LogP contribution is -2.25. The Bertz CT molecular complexity index is 1170. The number of hydrogen-bond acceptors (Lipinski definition) is 5. The number of benzene rings is 2. The number of nitrogens with one attached hydrogen (secondary N) is 2. The molecule has 31 heavy (non-hydrogen) atoms. The monoisotopic (exact) mass is 418 g/mol. The second-order valence-electron chi connectivity index (χ2n) is 8.80. The van der Waals surface area contributed by atoms with Gasteiger partial charge >= 0.3 is 0 Å². The molecule has 0 radical (unpaired) electrons. The fourth-order valence-electron chi connectivity index (χ4n) is 4.60. The highest BCUT2D eigenvalue weighted by Gasteiger charge is 2.30. The molecule has 160 valence electrons. The quantitative estimate of drug-likeness (QED) is 0.660. The molecule has 1 aliphatic carbocycles. The minimum Gasteiger partial charge on any atom is -0.490 e. The zero-order chi connectivity index (χ0) is 20.9. The Balaban J connectivity index is 1.41. The first-order chi connectivity index (χ1) is 15.2. The lowest BCUT2D eigenvalue weighted by atomic mass is 10.0. The minimum absolute atomic E-state index is 0.0708. The van der Waals surface area contributed by atoms with Gasteiger partial charge in [-0.2, -0.15) is 0 Å². The summed E-state index contributed by atoms with van der Waals surface area (Å²) < 4.78 is 14.5. The predicted octanol–water partition coefficient (Wildman–Crippen LogP) is 3.75. The van der Waals surface area contributed by atoms with E-state index in [1.54, 1.807) is 0 Å². The Labute approximate surface area is 180 Å². The first-order valence-electron chi connectivity index (χ1n) is 11.1. The topological polar surface area (TPSA) is 77.4 Å². The van der Waals surface area contributed by atoms with E-state index in [4.69, 9.17) is 14.5 Å².